The van der Waals surface area contributed by atoms with Crippen LogP contribution in [0.5, 0.6) is 0 Å². The van der Waals surface area contributed by atoms with E-state index in [0.717, 1.165) is 12.2 Å². The van der Waals surface area contributed by atoms with Gasteiger partial charge >= 0.3 is 0 Å². The molecule has 1 aromatic heterocycles. The summed E-state index contributed by atoms with van der Waals surface area (Å²) in [4.78, 5) is 11.9. The molecule has 1 amide bonds. The van der Waals surface area contributed by atoms with Gasteiger partial charge < -0.3 is 5.73 Å². The zero-order valence-electron chi connectivity index (χ0n) is 13.4. The van der Waals surface area contributed by atoms with E-state index in [-0.39, 0.29) is 5.91 Å². The predicted molar refractivity (Wildman–Crippen MR) is 92.7 cm³/mol. The predicted octanol–water partition coefficient (Wildman–Crippen LogP) is 2.85. The highest BCUT2D eigenvalue weighted by Crippen LogP contribution is 2.19. The van der Waals surface area contributed by atoms with Crippen LogP contribution in [0.3, 0.4) is 0 Å². The Balaban J connectivity index is 2.07. The first-order valence-electron chi connectivity index (χ1n) is 7.30. The molecule has 0 saturated carbocycles. The third-order valence-corrected chi connectivity index (χ3v) is 3.58. The second kappa shape index (κ2) is 7.28. The summed E-state index contributed by atoms with van der Waals surface area (Å²) in [5.41, 5.74) is 10.6. The molecule has 0 radical (unpaired) electrons. The number of hydrazone groups is 1. The van der Waals surface area contributed by atoms with Crippen molar-refractivity contribution in [2.24, 2.45) is 11.0 Å². The summed E-state index contributed by atoms with van der Waals surface area (Å²) < 4.78 is 1.74. The van der Waals surface area contributed by atoms with E-state index in [9.17, 15) is 4.79 Å². The molecule has 0 unspecified atom stereocenters. The molecular weight excluding hydrogens is 314 g/mol. The highest BCUT2D eigenvalue weighted by atomic mass is 35.5. The van der Waals surface area contributed by atoms with E-state index in [1.54, 1.807) is 28.9 Å². The maximum atomic E-state index is 11.9. The lowest BCUT2D eigenvalue weighted by atomic mass is 10.2. The van der Waals surface area contributed by atoms with Gasteiger partial charge in [0, 0.05) is 17.8 Å². The number of halogens is 1. The summed E-state index contributed by atoms with van der Waals surface area (Å²) in [7, 11) is 0. The molecule has 0 fully saturated rings. The first-order valence-corrected chi connectivity index (χ1v) is 7.68. The SMILES string of the molecule is Cc1nn(CC(C)C)c(Cl)c1/C=N\NC(=O)c1ccc(N)cc1. The third kappa shape index (κ3) is 4.32. The summed E-state index contributed by atoms with van der Waals surface area (Å²) in [6.07, 6.45) is 1.51. The van der Waals surface area contributed by atoms with Gasteiger partial charge in [0.25, 0.3) is 5.91 Å². The van der Waals surface area contributed by atoms with Crippen molar-refractivity contribution in [1.82, 2.24) is 15.2 Å². The largest absolute Gasteiger partial charge is 0.399 e. The number of aryl methyl sites for hydroxylation is 1. The Morgan fingerprint density at radius 3 is 2.70 bits per heavy atom. The minimum Gasteiger partial charge on any atom is -0.399 e. The average molecular weight is 334 g/mol. The fourth-order valence-corrected chi connectivity index (χ4v) is 2.33. The number of nitrogen functional groups attached to an aromatic ring is 1. The second-order valence-electron chi connectivity index (χ2n) is 5.69. The van der Waals surface area contributed by atoms with Crippen molar-refractivity contribution in [1.29, 1.82) is 0 Å². The summed E-state index contributed by atoms with van der Waals surface area (Å²) in [6.45, 7) is 6.76. The van der Waals surface area contributed by atoms with Crippen LogP contribution < -0.4 is 11.2 Å². The Bertz CT molecular complexity index is 719. The van der Waals surface area contributed by atoms with Gasteiger partial charge in [-0.3, -0.25) is 9.48 Å². The molecule has 0 atom stereocenters. The minimum atomic E-state index is -0.315. The van der Waals surface area contributed by atoms with Crippen molar-refractivity contribution in [3.8, 4) is 0 Å². The van der Waals surface area contributed by atoms with Gasteiger partial charge in [0.1, 0.15) is 5.15 Å². The van der Waals surface area contributed by atoms with E-state index in [2.05, 4.69) is 29.5 Å². The third-order valence-electron chi connectivity index (χ3n) is 3.18. The molecular formula is C16H20ClN5O. The highest BCUT2D eigenvalue weighted by molar-refractivity contribution is 6.32. The smallest absolute Gasteiger partial charge is 0.271 e. The molecule has 0 aliphatic carbocycles. The first kappa shape index (κ1) is 17.0. The van der Waals surface area contributed by atoms with Crippen molar-refractivity contribution in [3.05, 3.63) is 46.2 Å². The molecule has 0 aliphatic rings. The molecule has 0 saturated heterocycles. The van der Waals surface area contributed by atoms with Gasteiger partial charge in [-0.15, -0.1) is 0 Å². The lowest BCUT2D eigenvalue weighted by molar-refractivity contribution is 0.0955. The summed E-state index contributed by atoms with van der Waals surface area (Å²) >= 11 is 6.31. The molecule has 7 heteroatoms. The van der Waals surface area contributed by atoms with Crippen molar-refractivity contribution in [3.63, 3.8) is 0 Å². The molecule has 122 valence electrons. The number of nitrogens with one attached hydrogen (secondary N) is 1. The number of benzene rings is 1. The molecule has 3 N–H and O–H groups in total. The fraction of sp³-hybridized carbons (Fsp3) is 0.312. The quantitative estimate of drug-likeness (QED) is 0.501. The Kier molecular flexibility index (Phi) is 5.39. The maximum absolute atomic E-state index is 11.9. The van der Waals surface area contributed by atoms with E-state index >= 15 is 0 Å². The lowest BCUT2D eigenvalue weighted by Crippen LogP contribution is -2.17. The van der Waals surface area contributed by atoms with Crippen LogP contribution in [-0.4, -0.2) is 21.9 Å². The van der Waals surface area contributed by atoms with Gasteiger partial charge in [0.15, 0.2) is 0 Å². The van der Waals surface area contributed by atoms with Crippen molar-refractivity contribution in [2.45, 2.75) is 27.3 Å². The van der Waals surface area contributed by atoms with Gasteiger partial charge in [-0.25, -0.2) is 5.43 Å². The lowest BCUT2D eigenvalue weighted by Gasteiger charge is -2.05. The monoisotopic (exact) mass is 333 g/mol. The van der Waals surface area contributed by atoms with Crippen LogP contribution in [0.2, 0.25) is 5.15 Å². The maximum Gasteiger partial charge on any atom is 0.271 e. The molecule has 23 heavy (non-hydrogen) atoms. The van der Waals surface area contributed by atoms with Crippen molar-refractivity contribution >= 4 is 29.4 Å². The number of carbonyl (C=O) groups is 1. The minimum absolute atomic E-state index is 0.315. The van der Waals surface area contributed by atoms with Gasteiger partial charge in [-0.2, -0.15) is 10.2 Å². The molecule has 0 aliphatic heterocycles. The van der Waals surface area contributed by atoms with Crippen molar-refractivity contribution in [2.75, 3.05) is 5.73 Å². The number of amides is 1. The van der Waals surface area contributed by atoms with Gasteiger partial charge in [0.2, 0.25) is 0 Å². The van der Waals surface area contributed by atoms with E-state index in [1.807, 2.05) is 6.92 Å². The summed E-state index contributed by atoms with van der Waals surface area (Å²) in [5.74, 6) is 0.117. The van der Waals surface area contributed by atoms with Crippen LogP contribution in [0.4, 0.5) is 5.69 Å². The Labute approximate surface area is 140 Å². The standard InChI is InChI=1S/C16H20ClN5O/c1-10(2)9-22-15(17)14(11(3)21-22)8-19-20-16(23)12-4-6-13(18)7-5-12/h4-8,10H,9,18H2,1-3H3,(H,20,23)/b19-8-. The average Bonchev–Trinajstić information content (AvgIpc) is 2.74. The van der Waals surface area contributed by atoms with Gasteiger partial charge in [-0.05, 0) is 37.1 Å². The normalized spacial score (nSPS) is 11.3. The number of carbonyl (C=O) groups excluding carboxylic acids is 1. The zero-order valence-corrected chi connectivity index (χ0v) is 14.1. The second-order valence-corrected chi connectivity index (χ2v) is 6.04. The van der Waals surface area contributed by atoms with Crippen LogP contribution in [0, 0.1) is 12.8 Å². The van der Waals surface area contributed by atoms with E-state index in [4.69, 9.17) is 17.3 Å². The van der Waals surface area contributed by atoms with E-state index < -0.39 is 0 Å². The molecule has 1 aromatic carbocycles. The molecule has 0 spiro atoms. The van der Waals surface area contributed by atoms with Crippen LogP contribution in [0.1, 0.15) is 35.5 Å². The topological polar surface area (TPSA) is 85.3 Å². The molecule has 0 bridgehead atoms. The van der Waals surface area contributed by atoms with Crippen LogP contribution in [0.25, 0.3) is 0 Å². The fourth-order valence-electron chi connectivity index (χ4n) is 2.04. The summed E-state index contributed by atoms with van der Waals surface area (Å²) in [5, 5.41) is 8.86. The van der Waals surface area contributed by atoms with Crippen molar-refractivity contribution < 1.29 is 4.79 Å². The Morgan fingerprint density at radius 1 is 1.43 bits per heavy atom. The number of aromatic nitrogens is 2. The molecule has 1 heterocycles. The number of anilines is 1. The summed E-state index contributed by atoms with van der Waals surface area (Å²) in [6, 6.07) is 6.60. The van der Waals surface area contributed by atoms with E-state index in [0.29, 0.717) is 27.9 Å². The Hall–Kier alpha value is -2.34. The van der Waals surface area contributed by atoms with Gasteiger partial charge in [0.05, 0.1) is 17.5 Å². The van der Waals surface area contributed by atoms with Gasteiger partial charge in [-0.1, -0.05) is 25.4 Å². The number of hydrogen-bond acceptors (Lipinski definition) is 4. The molecule has 6 nitrogen and oxygen atoms in total. The van der Waals surface area contributed by atoms with Crippen LogP contribution in [-0.2, 0) is 6.54 Å². The number of nitrogens with zero attached hydrogens (tertiary/aromatic N) is 3. The van der Waals surface area contributed by atoms with Crippen LogP contribution in [0.15, 0.2) is 29.4 Å². The number of rotatable bonds is 5. The number of nitrogens with two attached hydrogens (primary N) is 1. The molecule has 2 rings (SSSR count). The van der Waals surface area contributed by atoms with E-state index in [1.165, 1.54) is 6.21 Å². The van der Waals surface area contributed by atoms with Crippen LogP contribution >= 0.6 is 11.6 Å². The number of hydrogen-bond donors (Lipinski definition) is 2. The Morgan fingerprint density at radius 2 is 2.09 bits per heavy atom. The molecule has 2 aromatic rings. The zero-order chi connectivity index (χ0) is 17.0. The highest BCUT2D eigenvalue weighted by Gasteiger charge is 2.12. The first-order chi connectivity index (χ1) is 10.9.